The topological polar surface area (TPSA) is 82.1 Å². The first kappa shape index (κ1) is 25.2. The van der Waals surface area contributed by atoms with Gasteiger partial charge in [0.2, 0.25) is 0 Å². The summed E-state index contributed by atoms with van der Waals surface area (Å²) in [5, 5.41) is 0. The smallest absolute Gasteiger partial charge is 0.374 e. The van der Waals surface area contributed by atoms with Crippen LogP contribution >= 0.6 is 0 Å². The van der Waals surface area contributed by atoms with Gasteiger partial charge >= 0.3 is 15.6 Å². The Labute approximate surface area is 201 Å². The molecule has 1 aliphatic heterocycles. The van der Waals surface area contributed by atoms with Crippen molar-refractivity contribution in [3.63, 3.8) is 0 Å². The van der Waals surface area contributed by atoms with Crippen molar-refractivity contribution in [1.29, 1.82) is 0 Å². The highest BCUT2D eigenvalue weighted by Crippen LogP contribution is 2.39. The second-order valence-electron chi connectivity index (χ2n) is 8.71. The minimum Gasteiger partial charge on any atom is -0.374 e. The van der Waals surface area contributed by atoms with Crippen LogP contribution in [0.15, 0.2) is 66.2 Å². The molecule has 2 aliphatic rings. The molecule has 2 atom stereocenters. The number of ether oxygens (including phenoxy) is 2. The number of halogens is 3. The Balaban J connectivity index is 1.69. The summed E-state index contributed by atoms with van der Waals surface area (Å²) in [5.74, 6) is -1.90. The van der Waals surface area contributed by atoms with E-state index in [9.17, 15) is 26.4 Å². The summed E-state index contributed by atoms with van der Waals surface area (Å²) in [6, 6.07) is 14.0. The molecule has 0 saturated carbocycles. The van der Waals surface area contributed by atoms with E-state index in [-0.39, 0.29) is 30.9 Å². The SMILES string of the molecule is CC1(C)O[C@@H]2CC=C(C(=O)N(Cc3ccccc3)c3ccccc3OS(=O)(=O)C(F)(F)F)C[C@H]2O1. The van der Waals surface area contributed by atoms with Gasteiger partial charge in [0.15, 0.2) is 11.5 Å². The summed E-state index contributed by atoms with van der Waals surface area (Å²) < 4.78 is 78.6. The Morgan fingerprint density at radius 2 is 1.69 bits per heavy atom. The number of benzene rings is 2. The summed E-state index contributed by atoms with van der Waals surface area (Å²) in [6.45, 7) is 3.53. The van der Waals surface area contributed by atoms with Crippen LogP contribution in [0, 0.1) is 0 Å². The fourth-order valence-corrected chi connectivity index (χ4v) is 4.61. The van der Waals surface area contributed by atoms with Gasteiger partial charge in [0.05, 0.1) is 24.4 Å². The Kier molecular flexibility index (Phi) is 6.69. The summed E-state index contributed by atoms with van der Waals surface area (Å²) in [6.07, 6.45) is 1.82. The lowest BCUT2D eigenvalue weighted by atomic mass is 9.93. The number of anilines is 1. The number of carbonyl (C=O) groups excluding carboxylic acids is 1. The molecule has 0 radical (unpaired) electrons. The first-order valence-electron chi connectivity index (χ1n) is 10.9. The van der Waals surface area contributed by atoms with E-state index >= 15 is 0 Å². The normalized spacial score (nSPS) is 21.7. The molecule has 188 valence electrons. The van der Waals surface area contributed by atoms with Crippen molar-refractivity contribution in [3.8, 4) is 5.75 Å². The number of para-hydroxylation sites is 2. The van der Waals surface area contributed by atoms with Gasteiger partial charge in [0, 0.05) is 12.0 Å². The van der Waals surface area contributed by atoms with E-state index in [1.165, 1.54) is 23.1 Å². The third-order valence-electron chi connectivity index (χ3n) is 5.65. The van der Waals surface area contributed by atoms with E-state index in [1.807, 2.05) is 0 Å². The molecule has 2 aromatic carbocycles. The highest BCUT2D eigenvalue weighted by Gasteiger charge is 2.49. The van der Waals surface area contributed by atoms with Crippen molar-refractivity contribution < 1.29 is 40.0 Å². The number of amides is 1. The molecule has 11 heteroatoms. The van der Waals surface area contributed by atoms with E-state index in [0.717, 1.165) is 6.07 Å². The number of alkyl halides is 3. The number of rotatable bonds is 6. The minimum atomic E-state index is -5.94. The van der Waals surface area contributed by atoms with E-state index in [2.05, 4.69) is 4.18 Å². The van der Waals surface area contributed by atoms with E-state index in [1.54, 1.807) is 50.3 Å². The van der Waals surface area contributed by atoms with E-state index < -0.39 is 33.1 Å². The maximum Gasteiger partial charge on any atom is 0.534 e. The van der Waals surface area contributed by atoms with Gasteiger partial charge in [-0.05, 0) is 38.0 Å². The average Bonchev–Trinajstić information content (AvgIpc) is 3.10. The van der Waals surface area contributed by atoms with Gasteiger partial charge in [-0.1, -0.05) is 48.5 Å². The zero-order chi connectivity index (χ0) is 25.4. The number of hydrogen-bond acceptors (Lipinski definition) is 6. The predicted molar refractivity (Wildman–Crippen MR) is 121 cm³/mol. The van der Waals surface area contributed by atoms with Crippen molar-refractivity contribution in [2.45, 2.75) is 56.7 Å². The van der Waals surface area contributed by atoms with Gasteiger partial charge in [-0.2, -0.15) is 21.6 Å². The molecule has 1 heterocycles. The fourth-order valence-electron chi connectivity index (χ4n) is 4.14. The van der Waals surface area contributed by atoms with Gasteiger partial charge in [0.1, 0.15) is 0 Å². The van der Waals surface area contributed by atoms with E-state index in [0.29, 0.717) is 17.6 Å². The standard InChI is InChI=1S/C24H24F3NO6S/c1-23(2)32-20-13-12-17(14-21(20)33-23)22(29)28(15-16-8-4-3-5-9-16)18-10-6-7-11-19(18)34-35(30,31)24(25,26)27/h3-12,20-21H,13-15H2,1-2H3/t20-,21-/m1/s1. The molecule has 35 heavy (non-hydrogen) atoms. The molecule has 0 spiro atoms. The maximum absolute atomic E-state index is 13.7. The molecule has 0 N–H and O–H groups in total. The predicted octanol–water partition coefficient (Wildman–Crippen LogP) is 4.69. The highest BCUT2D eigenvalue weighted by atomic mass is 32.2. The van der Waals surface area contributed by atoms with E-state index in [4.69, 9.17) is 9.47 Å². The van der Waals surface area contributed by atoms with Gasteiger partial charge < -0.3 is 18.6 Å². The lowest BCUT2D eigenvalue weighted by molar-refractivity contribution is -0.145. The molecule has 0 unspecified atom stereocenters. The van der Waals surface area contributed by atoms with Crippen LogP contribution in [-0.2, 0) is 30.9 Å². The number of carbonyl (C=O) groups is 1. The molecule has 7 nitrogen and oxygen atoms in total. The molecule has 0 aromatic heterocycles. The number of fused-ring (bicyclic) bond motifs is 1. The second kappa shape index (κ2) is 9.29. The van der Waals surface area contributed by atoms with Crippen LogP contribution in [-0.4, -0.2) is 37.8 Å². The van der Waals surface area contributed by atoms with Gasteiger partial charge in [-0.15, -0.1) is 0 Å². The van der Waals surface area contributed by atoms with Crippen LogP contribution in [0.1, 0.15) is 32.3 Å². The number of hydrogen-bond donors (Lipinski definition) is 0. The molecule has 4 rings (SSSR count). The molecule has 0 bridgehead atoms. The summed E-state index contributed by atoms with van der Waals surface area (Å²) in [4.78, 5) is 14.9. The average molecular weight is 512 g/mol. The molecule has 1 aliphatic carbocycles. The summed E-state index contributed by atoms with van der Waals surface area (Å²) in [5.41, 5.74) is -4.66. The van der Waals surface area contributed by atoms with Crippen LogP contribution < -0.4 is 9.08 Å². The quantitative estimate of drug-likeness (QED) is 0.414. The van der Waals surface area contributed by atoms with Crippen molar-refractivity contribution in [2.75, 3.05) is 4.90 Å². The highest BCUT2D eigenvalue weighted by molar-refractivity contribution is 7.88. The first-order valence-corrected chi connectivity index (χ1v) is 12.3. The van der Waals surface area contributed by atoms with Gasteiger partial charge in [-0.3, -0.25) is 4.79 Å². The maximum atomic E-state index is 13.7. The lowest BCUT2D eigenvalue weighted by Gasteiger charge is -2.29. The second-order valence-corrected chi connectivity index (χ2v) is 10.2. The van der Waals surface area contributed by atoms with Crippen molar-refractivity contribution in [3.05, 3.63) is 71.8 Å². The van der Waals surface area contributed by atoms with Crippen molar-refractivity contribution >= 4 is 21.7 Å². The first-order chi connectivity index (χ1) is 16.4. The zero-order valence-electron chi connectivity index (χ0n) is 19.0. The third-order valence-corrected chi connectivity index (χ3v) is 6.61. The Morgan fingerprint density at radius 3 is 2.37 bits per heavy atom. The van der Waals surface area contributed by atoms with Gasteiger partial charge in [-0.25, -0.2) is 0 Å². The summed E-state index contributed by atoms with van der Waals surface area (Å²) >= 11 is 0. The summed E-state index contributed by atoms with van der Waals surface area (Å²) in [7, 11) is -5.94. The van der Waals surface area contributed by atoms with Crippen LogP contribution in [0.25, 0.3) is 0 Å². The molecule has 2 aromatic rings. The molecule has 1 amide bonds. The molecular weight excluding hydrogens is 487 g/mol. The number of nitrogens with zero attached hydrogens (tertiary/aromatic N) is 1. The largest absolute Gasteiger partial charge is 0.534 e. The van der Waals surface area contributed by atoms with Crippen molar-refractivity contribution in [2.24, 2.45) is 0 Å². The zero-order valence-corrected chi connectivity index (χ0v) is 19.8. The Hall–Kier alpha value is -2.89. The van der Waals surface area contributed by atoms with Crippen LogP contribution in [0.5, 0.6) is 5.75 Å². The van der Waals surface area contributed by atoms with Crippen LogP contribution in [0.4, 0.5) is 18.9 Å². The van der Waals surface area contributed by atoms with Crippen molar-refractivity contribution in [1.82, 2.24) is 0 Å². The molecule has 1 saturated heterocycles. The molecule has 1 fully saturated rings. The Bertz CT molecular complexity index is 1230. The minimum absolute atomic E-state index is 0.0274. The van der Waals surface area contributed by atoms with Crippen LogP contribution in [0.3, 0.4) is 0 Å². The Morgan fingerprint density at radius 1 is 1.06 bits per heavy atom. The molecular formula is C24H24F3NO6S. The fraction of sp³-hybridized carbons (Fsp3) is 0.375. The lowest BCUT2D eigenvalue weighted by Crippen LogP contribution is -2.36. The third kappa shape index (κ3) is 5.52. The van der Waals surface area contributed by atoms with Crippen LogP contribution in [0.2, 0.25) is 0 Å². The monoisotopic (exact) mass is 511 g/mol. The van der Waals surface area contributed by atoms with Gasteiger partial charge in [0.25, 0.3) is 5.91 Å².